The molecule has 2 aromatic rings. The van der Waals surface area contributed by atoms with Crippen LogP contribution < -0.4 is 5.69 Å². The van der Waals surface area contributed by atoms with E-state index in [-0.39, 0.29) is 5.69 Å². The van der Waals surface area contributed by atoms with Gasteiger partial charge in [0.1, 0.15) is 5.76 Å². The maximum Gasteiger partial charge on any atom is 0.348 e. The Morgan fingerprint density at radius 1 is 1.50 bits per heavy atom. The summed E-state index contributed by atoms with van der Waals surface area (Å²) in [5.41, 5.74) is 0.838. The Hall–Kier alpha value is -1.58. The molecule has 0 aliphatic carbocycles. The van der Waals surface area contributed by atoms with Gasteiger partial charge in [-0.3, -0.25) is 0 Å². The zero-order valence-corrected chi connectivity index (χ0v) is 6.84. The number of nitrogens with one attached hydrogen (secondary N) is 1. The number of furan rings is 1. The smallest absolute Gasteiger partial charge is 0.348 e. The molecular weight excluding hydrogens is 156 g/mol. The van der Waals surface area contributed by atoms with Gasteiger partial charge in [0.05, 0.1) is 5.39 Å². The van der Waals surface area contributed by atoms with Crippen molar-refractivity contribution in [2.45, 2.75) is 13.8 Å². The zero-order chi connectivity index (χ0) is 8.72. The number of hydrogen-bond donors (Lipinski definition) is 1. The Bertz CT molecular complexity index is 481. The molecule has 1 N–H and O–H groups in total. The first-order valence-corrected chi connectivity index (χ1v) is 3.64. The van der Waals surface area contributed by atoms with Gasteiger partial charge in [-0.1, -0.05) is 0 Å². The monoisotopic (exact) mass is 164 g/mol. The molecule has 0 radical (unpaired) electrons. The second-order valence-electron chi connectivity index (χ2n) is 2.74. The molecule has 0 spiro atoms. The van der Waals surface area contributed by atoms with Gasteiger partial charge in [-0.25, -0.2) is 4.79 Å². The molecule has 0 aliphatic heterocycles. The molecule has 0 saturated carbocycles. The highest BCUT2D eigenvalue weighted by Crippen LogP contribution is 2.16. The topological polar surface area (TPSA) is 58.9 Å². The number of aryl methyl sites for hydroxylation is 2. The number of rotatable bonds is 0. The van der Waals surface area contributed by atoms with Gasteiger partial charge in [0.25, 0.3) is 0 Å². The summed E-state index contributed by atoms with van der Waals surface area (Å²) in [7, 11) is 0. The minimum absolute atomic E-state index is 0.366. The summed E-state index contributed by atoms with van der Waals surface area (Å²) in [5, 5.41) is 0.868. The molecule has 0 bridgehead atoms. The lowest BCUT2D eigenvalue weighted by molar-refractivity contribution is 0.565. The van der Waals surface area contributed by atoms with Crippen LogP contribution in [-0.4, -0.2) is 9.97 Å². The number of aromatic amines is 1. The molecule has 0 fully saturated rings. The number of H-pyrrole nitrogens is 1. The van der Waals surface area contributed by atoms with Gasteiger partial charge in [0.2, 0.25) is 5.71 Å². The first kappa shape index (κ1) is 7.09. The lowest BCUT2D eigenvalue weighted by Gasteiger charge is -1.90. The van der Waals surface area contributed by atoms with Crippen molar-refractivity contribution in [3.8, 4) is 0 Å². The highest BCUT2D eigenvalue weighted by atomic mass is 16.3. The fourth-order valence-electron chi connectivity index (χ4n) is 1.20. The first-order valence-electron chi connectivity index (χ1n) is 3.64. The van der Waals surface area contributed by atoms with Crippen LogP contribution in [0.25, 0.3) is 11.1 Å². The Morgan fingerprint density at radius 3 is 3.00 bits per heavy atom. The van der Waals surface area contributed by atoms with Gasteiger partial charge in [0.15, 0.2) is 0 Å². The van der Waals surface area contributed by atoms with E-state index in [1.165, 1.54) is 0 Å². The van der Waals surface area contributed by atoms with Gasteiger partial charge >= 0.3 is 5.69 Å². The molecule has 2 rings (SSSR count). The van der Waals surface area contributed by atoms with E-state index in [0.29, 0.717) is 5.71 Å². The maximum absolute atomic E-state index is 10.9. The van der Waals surface area contributed by atoms with Crippen LogP contribution in [0.5, 0.6) is 0 Å². The number of nitrogens with zero attached hydrogens (tertiary/aromatic N) is 1. The molecular formula is C8H8N2O2. The SMILES string of the molecule is Cc1cc2c(C)[nH]c(=O)nc2o1. The van der Waals surface area contributed by atoms with E-state index in [1.807, 2.05) is 19.9 Å². The summed E-state index contributed by atoms with van der Waals surface area (Å²) in [4.78, 5) is 17.2. The first-order chi connectivity index (χ1) is 5.66. The van der Waals surface area contributed by atoms with Crippen molar-refractivity contribution in [2.75, 3.05) is 0 Å². The number of aromatic nitrogens is 2. The van der Waals surface area contributed by atoms with E-state index in [0.717, 1.165) is 16.8 Å². The van der Waals surface area contributed by atoms with Crippen LogP contribution in [0.1, 0.15) is 11.5 Å². The zero-order valence-electron chi connectivity index (χ0n) is 6.84. The minimum Gasteiger partial charge on any atom is -0.443 e. The normalized spacial score (nSPS) is 10.8. The highest BCUT2D eigenvalue weighted by Gasteiger charge is 2.04. The van der Waals surface area contributed by atoms with Gasteiger partial charge in [-0.05, 0) is 19.9 Å². The molecule has 0 unspecified atom stereocenters. The average molecular weight is 164 g/mol. The molecule has 0 saturated heterocycles. The van der Waals surface area contributed by atoms with E-state index in [4.69, 9.17) is 4.42 Å². The quantitative estimate of drug-likeness (QED) is 0.635. The summed E-state index contributed by atoms with van der Waals surface area (Å²) >= 11 is 0. The molecule has 0 aromatic carbocycles. The van der Waals surface area contributed by atoms with Gasteiger partial charge in [0, 0.05) is 5.69 Å². The average Bonchev–Trinajstić information content (AvgIpc) is 2.29. The second kappa shape index (κ2) is 2.20. The van der Waals surface area contributed by atoms with Crippen LogP contribution in [0.15, 0.2) is 15.3 Å². The molecule has 4 nitrogen and oxygen atoms in total. The molecule has 0 amide bonds. The van der Waals surface area contributed by atoms with Crippen molar-refractivity contribution >= 4 is 11.1 Å². The van der Waals surface area contributed by atoms with Crippen LogP contribution in [0.4, 0.5) is 0 Å². The van der Waals surface area contributed by atoms with Crippen molar-refractivity contribution in [3.05, 3.63) is 28.0 Å². The van der Waals surface area contributed by atoms with Crippen LogP contribution in [0.3, 0.4) is 0 Å². The molecule has 0 atom stereocenters. The third-order valence-corrected chi connectivity index (χ3v) is 1.74. The third-order valence-electron chi connectivity index (χ3n) is 1.74. The van der Waals surface area contributed by atoms with Crippen LogP contribution >= 0.6 is 0 Å². The standard InChI is InChI=1S/C8H8N2O2/c1-4-3-6-5(2)9-8(11)10-7(6)12-4/h3H,1-2H3,(H,9,10,11). The Kier molecular flexibility index (Phi) is 1.30. The second-order valence-corrected chi connectivity index (χ2v) is 2.74. The fourth-order valence-corrected chi connectivity index (χ4v) is 1.20. The highest BCUT2D eigenvalue weighted by molar-refractivity contribution is 5.76. The maximum atomic E-state index is 10.9. The summed E-state index contributed by atoms with van der Waals surface area (Å²) in [6.45, 7) is 3.64. The molecule has 4 heteroatoms. The van der Waals surface area contributed by atoms with E-state index < -0.39 is 0 Å². The van der Waals surface area contributed by atoms with Gasteiger partial charge < -0.3 is 9.40 Å². The molecule has 2 heterocycles. The Morgan fingerprint density at radius 2 is 2.25 bits per heavy atom. The Labute approximate surface area is 68.2 Å². The van der Waals surface area contributed by atoms with Crippen LogP contribution in [0, 0.1) is 13.8 Å². The van der Waals surface area contributed by atoms with E-state index in [2.05, 4.69) is 9.97 Å². The van der Waals surface area contributed by atoms with E-state index in [1.54, 1.807) is 0 Å². The molecule has 0 aliphatic rings. The van der Waals surface area contributed by atoms with Crippen molar-refractivity contribution in [2.24, 2.45) is 0 Å². The predicted molar refractivity (Wildman–Crippen MR) is 44.1 cm³/mol. The van der Waals surface area contributed by atoms with Crippen LogP contribution in [-0.2, 0) is 0 Å². The number of hydrogen-bond acceptors (Lipinski definition) is 3. The predicted octanol–water partition coefficient (Wildman–Crippen LogP) is 1.13. The molecule has 62 valence electrons. The van der Waals surface area contributed by atoms with Crippen molar-refractivity contribution in [1.82, 2.24) is 9.97 Å². The summed E-state index contributed by atoms with van der Waals surface area (Å²) in [5.74, 6) is 0.764. The number of fused-ring (bicyclic) bond motifs is 1. The van der Waals surface area contributed by atoms with Gasteiger partial charge in [-0.15, -0.1) is 0 Å². The lowest BCUT2D eigenvalue weighted by atomic mass is 10.3. The largest absolute Gasteiger partial charge is 0.443 e. The van der Waals surface area contributed by atoms with Gasteiger partial charge in [-0.2, -0.15) is 4.98 Å². The lowest BCUT2D eigenvalue weighted by Crippen LogP contribution is -2.10. The Balaban J connectivity index is 2.97. The van der Waals surface area contributed by atoms with Crippen LogP contribution in [0.2, 0.25) is 0 Å². The summed E-state index contributed by atoms with van der Waals surface area (Å²) in [6.07, 6.45) is 0. The van der Waals surface area contributed by atoms with Crippen molar-refractivity contribution < 1.29 is 4.42 Å². The molecule has 2 aromatic heterocycles. The third kappa shape index (κ3) is 0.922. The summed E-state index contributed by atoms with van der Waals surface area (Å²) in [6, 6.07) is 1.85. The van der Waals surface area contributed by atoms with E-state index in [9.17, 15) is 4.79 Å². The fraction of sp³-hybridized carbons (Fsp3) is 0.250. The van der Waals surface area contributed by atoms with Crippen molar-refractivity contribution in [1.29, 1.82) is 0 Å². The summed E-state index contributed by atoms with van der Waals surface area (Å²) < 4.78 is 5.20. The van der Waals surface area contributed by atoms with Crippen molar-refractivity contribution in [3.63, 3.8) is 0 Å². The molecule has 12 heavy (non-hydrogen) atoms. The minimum atomic E-state index is -0.366. The van der Waals surface area contributed by atoms with E-state index >= 15 is 0 Å².